The maximum absolute atomic E-state index is 12.9. The number of benzene rings is 2. The van der Waals surface area contributed by atoms with E-state index in [-0.39, 0.29) is 18.1 Å². The number of Topliss-reactive ketones (excluding diaryl/α,β-unsaturated/α-hetero) is 1. The van der Waals surface area contributed by atoms with Gasteiger partial charge in [-0.15, -0.1) is 0 Å². The van der Waals surface area contributed by atoms with Crippen LogP contribution in [0.4, 0.5) is 11.4 Å². The van der Waals surface area contributed by atoms with Gasteiger partial charge in [-0.05, 0) is 30.3 Å². The summed E-state index contributed by atoms with van der Waals surface area (Å²) < 4.78 is 0. The van der Waals surface area contributed by atoms with E-state index in [1.165, 1.54) is 0 Å². The van der Waals surface area contributed by atoms with Gasteiger partial charge in [-0.1, -0.05) is 29.8 Å². The van der Waals surface area contributed by atoms with Gasteiger partial charge < -0.3 is 4.90 Å². The zero-order valence-corrected chi connectivity index (χ0v) is 14.2. The van der Waals surface area contributed by atoms with Crippen molar-refractivity contribution in [2.24, 2.45) is 0 Å². The SMILES string of the molecule is CN(C)C=C1CC(=O)N(c2ccccc2)c2cc(Cl)ccc2C1=O. The monoisotopic (exact) mass is 340 g/mol. The van der Waals surface area contributed by atoms with Crippen LogP contribution in [0, 0.1) is 0 Å². The maximum atomic E-state index is 12.9. The number of para-hydroxylation sites is 1. The minimum absolute atomic E-state index is 0.0399. The molecule has 0 spiro atoms. The van der Waals surface area contributed by atoms with Crippen molar-refractivity contribution in [1.82, 2.24) is 4.90 Å². The predicted molar refractivity (Wildman–Crippen MR) is 95.8 cm³/mol. The molecule has 4 nitrogen and oxygen atoms in total. The molecule has 5 heteroatoms. The van der Waals surface area contributed by atoms with Crippen LogP contribution in [0.2, 0.25) is 5.02 Å². The molecule has 1 heterocycles. The molecule has 0 aliphatic carbocycles. The largest absolute Gasteiger partial charge is 0.383 e. The Morgan fingerprint density at radius 3 is 2.46 bits per heavy atom. The fraction of sp³-hybridized carbons (Fsp3) is 0.158. The first-order valence-corrected chi connectivity index (χ1v) is 7.94. The summed E-state index contributed by atoms with van der Waals surface area (Å²) in [6.07, 6.45) is 1.74. The third kappa shape index (κ3) is 3.05. The lowest BCUT2D eigenvalue weighted by molar-refractivity contribution is -0.117. The molecule has 3 rings (SSSR count). The van der Waals surface area contributed by atoms with Crippen molar-refractivity contribution >= 4 is 34.7 Å². The molecule has 24 heavy (non-hydrogen) atoms. The van der Waals surface area contributed by atoms with E-state index < -0.39 is 0 Å². The van der Waals surface area contributed by atoms with Crippen LogP contribution in [0.25, 0.3) is 0 Å². The van der Waals surface area contributed by atoms with Gasteiger partial charge in [-0.3, -0.25) is 14.5 Å². The molecule has 0 unspecified atom stereocenters. The van der Waals surface area contributed by atoms with E-state index in [2.05, 4.69) is 0 Å². The Bertz CT molecular complexity index is 829. The summed E-state index contributed by atoms with van der Waals surface area (Å²) in [7, 11) is 3.65. The van der Waals surface area contributed by atoms with Gasteiger partial charge in [0.1, 0.15) is 0 Å². The number of amides is 1. The van der Waals surface area contributed by atoms with Crippen molar-refractivity contribution in [3.05, 3.63) is 70.9 Å². The minimum Gasteiger partial charge on any atom is -0.383 e. The molecule has 1 aliphatic heterocycles. The van der Waals surface area contributed by atoms with Gasteiger partial charge in [0.05, 0.1) is 12.1 Å². The Labute approximate surface area is 145 Å². The van der Waals surface area contributed by atoms with Crippen molar-refractivity contribution in [3.63, 3.8) is 0 Å². The highest BCUT2D eigenvalue weighted by atomic mass is 35.5. The second-order valence-electron chi connectivity index (χ2n) is 5.85. The lowest BCUT2D eigenvalue weighted by Crippen LogP contribution is -2.25. The summed E-state index contributed by atoms with van der Waals surface area (Å²) in [6, 6.07) is 14.3. The minimum atomic E-state index is -0.163. The molecular weight excluding hydrogens is 324 g/mol. The Balaban J connectivity index is 2.23. The molecule has 0 aromatic heterocycles. The molecule has 122 valence electrons. The van der Waals surface area contributed by atoms with Crippen LogP contribution in [0.3, 0.4) is 0 Å². The molecule has 2 aromatic carbocycles. The number of carbonyl (C=O) groups is 2. The zero-order valence-electron chi connectivity index (χ0n) is 13.5. The van der Waals surface area contributed by atoms with Crippen LogP contribution >= 0.6 is 11.6 Å². The number of halogens is 1. The number of fused-ring (bicyclic) bond motifs is 1. The molecule has 0 saturated heterocycles. The summed E-state index contributed by atoms with van der Waals surface area (Å²) in [4.78, 5) is 29.1. The molecule has 0 radical (unpaired) electrons. The first-order chi connectivity index (χ1) is 11.5. The maximum Gasteiger partial charge on any atom is 0.236 e. The third-order valence-corrected chi connectivity index (χ3v) is 3.99. The topological polar surface area (TPSA) is 40.6 Å². The predicted octanol–water partition coefficient (Wildman–Crippen LogP) is 4.04. The van der Waals surface area contributed by atoms with E-state index in [1.54, 1.807) is 34.2 Å². The molecule has 0 N–H and O–H groups in total. The van der Waals surface area contributed by atoms with Crippen molar-refractivity contribution in [1.29, 1.82) is 0 Å². The van der Waals surface area contributed by atoms with Crippen molar-refractivity contribution in [2.75, 3.05) is 19.0 Å². The molecule has 1 aliphatic rings. The molecular formula is C19H17ClN2O2. The quantitative estimate of drug-likeness (QED) is 0.775. The van der Waals surface area contributed by atoms with E-state index in [0.717, 1.165) is 0 Å². The molecule has 2 aromatic rings. The average molecular weight is 341 g/mol. The van der Waals surface area contributed by atoms with Crippen molar-refractivity contribution in [3.8, 4) is 0 Å². The lowest BCUT2D eigenvalue weighted by atomic mass is 10.0. The standard InChI is InChI=1S/C19H17ClN2O2/c1-21(2)12-13-10-18(23)22(15-6-4-3-5-7-15)17-11-14(20)8-9-16(17)19(13)24/h3-9,11-12H,10H2,1-2H3. The summed E-state index contributed by atoms with van der Waals surface area (Å²) in [5.41, 5.74) is 2.17. The van der Waals surface area contributed by atoms with Gasteiger partial charge in [0, 0.05) is 42.1 Å². The van der Waals surface area contributed by atoms with Crippen LogP contribution in [0.5, 0.6) is 0 Å². The summed E-state index contributed by atoms with van der Waals surface area (Å²) in [5.74, 6) is -0.314. The number of ketones is 1. The highest BCUT2D eigenvalue weighted by Gasteiger charge is 2.31. The van der Waals surface area contributed by atoms with Gasteiger partial charge in [0.2, 0.25) is 5.91 Å². The molecule has 1 amide bonds. The average Bonchev–Trinajstić information content (AvgIpc) is 2.63. The first-order valence-electron chi connectivity index (χ1n) is 7.57. The fourth-order valence-corrected chi connectivity index (χ4v) is 2.95. The Kier molecular flexibility index (Phi) is 4.40. The fourth-order valence-electron chi connectivity index (χ4n) is 2.79. The van der Waals surface area contributed by atoms with Gasteiger partial charge in [-0.2, -0.15) is 0 Å². The highest BCUT2D eigenvalue weighted by molar-refractivity contribution is 6.31. The number of nitrogens with zero attached hydrogens (tertiary/aromatic N) is 2. The summed E-state index contributed by atoms with van der Waals surface area (Å²) >= 11 is 6.13. The Hall–Kier alpha value is -2.59. The molecule has 0 fully saturated rings. The van der Waals surface area contributed by atoms with Gasteiger partial charge >= 0.3 is 0 Å². The zero-order chi connectivity index (χ0) is 17.3. The normalized spacial score (nSPS) is 16.1. The summed E-state index contributed by atoms with van der Waals surface area (Å²) in [5, 5.41) is 0.482. The van der Waals surface area contributed by atoms with E-state index in [1.807, 2.05) is 44.4 Å². The Morgan fingerprint density at radius 1 is 1.08 bits per heavy atom. The van der Waals surface area contributed by atoms with E-state index in [9.17, 15) is 9.59 Å². The van der Waals surface area contributed by atoms with Crippen molar-refractivity contribution in [2.45, 2.75) is 6.42 Å². The van der Waals surface area contributed by atoms with E-state index in [4.69, 9.17) is 11.6 Å². The van der Waals surface area contributed by atoms with Crippen molar-refractivity contribution < 1.29 is 9.59 Å². The van der Waals surface area contributed by atoms with Crippen LogP contribution in [-0.2, 0) is 4.79 Å². The molecule has 0 atom stereocenters. The third-order valence-electron chi connectivity index (χ3n) is 3.76. The van der Waals surface area contributed by atoms with E-state index in [0.29, 0.717) is 27.5 Å². The van der Waals surface area contributed by atoms with Crippen LogP contribution in [0.1, 0.15) is 16.8 Å². The highest BCUT2D eigenvalue weighted by Crippen LogP contribution is 2.36. The van der Waals surface area contributed by atoms with Crippen LogP contribution in [0.15, 0.2) is 60.3 Å². The number of anilines is 2. The second-order valence-corrected chi connectivity index (χ2v) is 6.29. The molecule has 0 saturated carbocycles. The second kappa shape index (κ2) is 6.49. The number of rotatable bonds is 2. The smallest absolute Gasteiger partial charge is 0.236 e. The number of hydrogen-bond acceptors (Lipinski definition) is 3. The van der Waals surface area contributed by atoms with Gasteiger partial charge in [0.15, 0.2) is 5.78 Å². The molecule has 0 bridgehead atoms. The lowest BCUT2D eigenvalue weighted by Gasteiger charge is -2.22. The Morgan fingerprint density at radius 2 is 1.79 bits per heavy atom. The summed E-state index contributed by atoms with van der Waals surface area (Å²) in [6.45, 7) is 0. The number of carbonyl (C=O) groups excluding carboxylic acids is 2. The van der Waals surface area contributed by atoms with Gasteiger partial charge in [-0.25, -0.2) is 0 Å². The van der Waals surface area contributed by atoms with Crippen LogP contribution < -0.4 is 4.90 Å². The van der Waals surface area contributed by atoms with Crippen LogP contribution in [-0.4, -0.2) is 30.7 Å². The van der Waals surface area contributed by atoms with Gasteiger partial charge in [0.25, 0.3) is 0 Å². The number of hydrogen-bond donors (Lipinski definition) is 0. The van der Waals surface area contributed by atoms with E-state index >= 15 is 0 Å². The first kappa shape index (κ1) is 16.3.